The highest BCUT2D eigenvalue weighted by Gasteiger charge is 2.06. The van der Waals surface area contributed by atoms with Gasteiger partial charge in [-0.15, -0.1) is 0 Å². The Kier molecular flexibility index (Phi) is 6.95. The van der Waals surface area contributed by atoms with Crippen molar-refractivity contribution in [2.45, 2.75) is 19.9 Å². The van der Waals surface area contributed by atoms with E-state index in [-0.39, 0.29) is 21.4 Å². The second-order valence-electron chi connectivity index (χ2n) is 5.31. The van der Waals surface area contributed by atoms with Crippen LogP contribution in [0.4, 0.5) is 5.69 Å². The number of hydrogen-bond acceptors (Lipinski definition) is 6. The van der Waals surface area contributed by atoms with Gasteiger partial charge in [0.2, 0.25) is 0 Å². The highest BCUT2D eigenvalue weighted by molar-refractivity contribution is 7.07. The van der Waals surface area contributed by atoms with Crippen LogP contribution in [0.25, 0.3) is 11.5 Å². The van der Waals surface area contributed by atoms with Gasteiger partial charge >= 0.3 is 5.97 Å². The lowest BCUT2D eigenvalue weighted by atomic mass is 10.1. The monoisotopic (exact) mass is 383 g/mol. The fourth-order valence-corrected chi connectivity index (χ4v) is 3.23. The van der Waals surface area contributed by atoms with Crippen molar-refractivity contribution >= 4 is 34.5 Å². The molecule has 7 nitrogen and oxygen atoms in total. The number of carboxylic acid groups (broad SMARTS) is 1. The molecule has 27 heavy (non-hydrogen) atoms. The molecule has 0 unspecified atom stereocenters. The molecule has 0 spiro atoms. The molecule has 8 heteroatoms. The topological polar surface area (TPSA) is 115 Å². The van der Waals surface area contributed by atoms with Crippen molar-refractivity contribution in [1.82, 2.24) is 4.57 Å². The number of nitriles is 1. The number of nitrogens with one attached hydrogen (secondary N) is 1. The van der Waals surface area contributed by atoms with Gasteiger partial charge in [-0.2, -0.15) is 5.26 Å². The molecule has 0 bridgehead atoms. The van der Waals surface area contributed by atoms with E-state index in [1.165, 1.54) is 10.8 Å². The number of rotatable bonds is 6. The van der Waals surface area contributed by atoms with Crippen LogP contribution in [0.1, 0.15) is 12.5 Å². The van der Waals surface area contributed by atoms with E-state index in [1.807, 2.05) is 24.3 Å². The quantitative estimate of drug-likeness (QED) is 0.491. The van der Waals surface area contributed by atoms with E-state index in [0.29, 0.717) is 13.0 Å². The first-order valence-corrected chi connectivity index (χ1v) is 8.87. The fourth-order valence-electron chi connectivity index (χ4n) is 2.25. The van der Waals surface area contributed by atoms with E-state index in [0.717, 1.165) is 22.6 Å². The summed E-state index contributed by atoms with van der Waals surface area (Å²) in [5.74, 6) is -1.40. The summed E-state index contributed by atoms with van der Waals surface area (Å²) in [5.41, 5.74) is 6.19. The van der Waals surface area contributed by atoms with Crippen LogP contribution in [0, 0.1) is 11.3 Å². The van der Waals surface area contributed by atoms with Crippen LogP contribution in [-0.2, 0) is 17.8 Å². The zero-order valence-corrected chi connectivity index (χ0v) is 15.3. The van der Waals surface area contributed by atoms with Gasteiger partial charge < -0.3 is 15.5 Å². The van der Waals surface area contributed by atoms with Crippen molar-refractivity contribution < 1.29 is 15.0 Å². The van der Waals surface area contributed by atoms with Crippen molar-refractivity contribution in [1.29, 1.82) is 5.26 Å². The van der Waals surface area contributed by atoms with Crippen molar-refractivity contribution in [2.75, 3.05) is 11.9 Å². The van der Waals surface area contributed by atoms with Gasteiger partial charge in [-0.1, -0.05) is 34.9 Å². The first-order valence-electron chi connectivity index (χ1n) is 8.05. The van der Waals surface area contributed by atoms with E-state index in [4.69, 9.17) is 15.5 Å². The number of aliphatic carboxylic acids is 1. The van der Waals surface area contributed by atoms with Gasteiger partial charge in [0.15, 0.2) is 5.57 Å². The lowest BCUT2D eigenvalue weighted by Crippen LogP contribution is -2.30. The zero-order chi connectivity index (χ0) is 19.8. The maximum absolute atomic E-state index is 12.4. The third-order valence-corrected chi connectivity index (χ3v) is 4.54. The molecular formula is C19H17N3O4S. The minimum absolute atomic E-state index is 0.0605. The average Bonchev–Trinajstić information content (AvgIpc) is 2.94. The van der Waals surface area contributed by atoms with Crippen LogP contribution >= 0.6 is 11.3 Å². The number of thiazole rings is 1. The minimum Gasteiger partial charge on any atom is -0.477 e. The van der Waals surface area contributed by atoms with Gasteiger partial charge in [0.05, 0.1) is 0 Å². The Morgan fingerprint density at radius 1 is 1.44 bits per heavy atom. The highest BCUT2D eigenvalue weighted by atomic mass is 32.1. The minimum atomic E-state index is -1.40. The predicted octanol–water partition coefficient (Wildman–Crippen LogP) is 0.384. The molecule has 1 aromatic heterocycles. The second-order valence-corrected chi connectivity index (χ2v) is 6.31. The number of hydrogen-bond donors (Lipinski definition) is 3. The number of anilines is 1. The maximum Gasteiger partial charge on any atom is 0.354 e. The molecule has 0 fully saturated rings. The molecule has 1 aromatic carbocycles. The number of aromatic nitrogens is 1. The molecule has 0 saturated heterocycles. The molecule has 0 amide bonds. The number of carboxylic acids is 1. The van der Waals surface area contributed by atoms with Crippen LogP contribution < -0.4 is 20.1 Å². The smallest absolute Gasteiger partial charge is 0.354 e. The third-order valence-electron chi connectivity index (χ3n) is 3.53. The largest absolute Gasteiger partial charge is 0.477 e. The normalized spacial score (nSPS) is 9.67. The lowest BCUT2D eigenvalue weighted by molar-refractivity contribution is -0.132. The SMILES string of the molecule is CCn1c(=C=C(C#N)C(=O)O)sc(=C=CNc2cccc(CCO)c2)c1=O. The van der Waals surface area contributed by atoms with Crippen LogP contribution in [0.15, 0.2) is 40.8 Å². The number of aliphatic hydroxyl groups is 1. The van der Waals surface area contributed by atoms with Crippen LogP contribution in [0.3, 0.4) is 0 Å². The molecule has 2 aromatic rings. The number of carbonyl (C=O) groups is 1. The molecule has 0 aliphatic carbocycles. The van der Waals surface area contributed by atoms with Crippen molar-refractivity contribution in [3.05, 3.63) is 61.2 Å². The Hall–Kier alpha value is -3.33. The molecule has 138 valence electrons. The van der Waals surface area contributed by atoms with Gasteiger partial charge in [-0.25, -0.2) is 4.79 Å². The molecule has 0 atom stereocenters. The van der Waals surface area contributed by atoms with Gasteiger partial charge in [0.25, 0.3) is 5.56 Å². The van der Waals surface area contributed by atoms with E-state index in [9.17, 15) is 9.59 Å². The highest BCUT2D eigenvalue weighted by Crippen LogP contribution is 2.10. The van der Waals surface area contributed by atoms with Gasteiger partial charge in [0.1, 0.15) is 15.3 Å². The summed E-state index contributed by atoms with van der Waals surface area (Å²) in [7, 11) is 0. The molecule has 0 aliphatic rings. The first-order chi connectivity index (χ1) is 13.0. The number of nitrogens with zero attached hydrogens (tertiary/aromatic N) is 2. The van der Waals surface area contributed by atoms with Crippen molar-refractivity contribution in [3.8, 4) is 6.07 Å². The Labute approximate surface area is 158 Å². The molecule has 0 saturated carbocycles. The standard InChI is InChI=1S/C19H17N3O4S/c1-2-22-17(11-14(12-20)19(25)26)27-16(18(22)24)6-8-21-15-5-3-4-13(10-15)7-9-23/h3-5,8,10,21,23H,2,7,9H2,1H3,(H,25,26). The van der Waals surface area contributed by atoms with Gasteiger partial charge in [0, 0.05) is 25.0 Å². The summed E-state index contributed by atoms with van der Waals surface area (Å²) in [6.45, 7) is 2.11. The number of benzene rings is 1. The Morgan fingerprint density at radius 2 is 2.22 bits per heavy atom. The first kappa shape index (κ1) is 20.0. The van der Waals surface area contributed by atoms with Gasteiger partial charge in [-0.3, -0.25) is 9.36 Å². The van der Waals surface area contributed by atoms with Crippen LogP contribution in [0.5, 0.6) is 0 Å². The Bertz CT molecular complexity index is 1140. The summed E-state index contributed by atoms with van der Waals surface area (Å²) in [5, 5.41) is 29.8. The molecule has 2 rings (SSSR count). The molecular weight excluding hydrogens is 366 g/mol. The van der Waals surface area contributed by atoms with Gasteiger partial charge in [-0.05, 0) is 31.0 Å². The van der Waals surface area contributed by atoms with E-state index >= 15 is 0 Å². The molecule has 0 aliphatic heterocycles. The number of aliphatic hydroxyl groups excluding tert-OH is 1. The van der Waals surface area contributed by atoms with Crippen LogP contribution in [-0.4, -0.2) is 27.4 Å². The molecule has 1 heterocycles. The van der Waals surface area contributed by atoms with Crippen LogP contribution in [0.2, 0.25) is 0 Å². The second kappa shape index (κ2) is 9.39. The summed E-state index contributed by atoms with van der Waals surface area (Å²) in [6, 6.07) is 9.02. The van der Waals surface area contributed by atoms with E-state index in [2.05, 4.69) is 16.8 Å². The lowest BCUT2D eigenvalue weighted by Gasteiger charge is -2.02. The maximum atomic E-state index is 12.4. The summed E-state index contributed by atoms with van der Waals surface area (Å²) < 4.78 is 1.85. The zero-order valence-electron chi connectivity index (χ0n) is 14.5. The predicted molar refractivity (Wildman–Crippen MR) is 103 cm³/mol. The Balaban J connectivity index is 2.51. The van der Waals surface area contributed by atoms with E-state index < -0.39 is 11.5 Å². The Morgan fingerprint density at radius 3 is 2.85 bits per heavy atom. The van der Waals surface area contributed by atoms with Crippen molar-refractivity contribution in [3.63, 3.8) is 0 Å². The average molecular weight is 383 g/mol. The van der Waals surface area contributed by atoms with Crippen molar-refractivity contribution in [2.24, 2.45) is 0 Å². The summed E-state index contributed by atoms with van der Waals surface area (Å²) in [4.78, 5) is 23.4. The fraction of sp³-hybridized carbons (Fsp3) is 0.211. The van der Waals surface area contributed by atoms with E-state index in [1.54, 1.807) is 13.0 Å². The molecule has 3 N–H and O–H groups in total. The summed E-state index contributed by atoms with van der Waals surface area (Å²) in [6.07, 6.45) is 2.03. The third kappa shape index (κ3) is 5.08. The molecule has 0 radical (unpaired) electrons. The summed E-state index contributed by atoms with van der Waals surface area (Å²) >= 11 is 1.01.